The van der Waals surface area contributed by atoms with Crippen molar-refractivity contribution < 1.29 is 0 Å². The van der Waals surface area contributed by atoms with Crippen molar-refractivity contribution in [1.82, 2.24) is 9.55 Å². The summed E-state index contributed by atoms with van der Waals surface area (Å²) in [6.07, 6.45) is 0. The number of halogens is 2. The minimum atomic E-state index is 0.472. The fraction of sp³-hybridized carbons (Fsp3) is 0.133. The third-order valence-corrected chi connectivity index (χ3v) is 4.70. The minimum Gasteiger partial charge on any atom is -0.327 e. The lowest BCUT2D eigenvalue weighted by Gasteiger charge is -2.06. The molecular weight excluding hydrogens is 338 g/mol. The molecule has 3 aromatic rings. The number of para-hydroxylation sites is 1. The van der Waals surface area contributed by atoms with E-state index in [2.05, 4.69) is 15.9 Å². The van der Waals surface area contributed by atoms with Crippen LogP contribution in [0.2, 0.25) is 5.02 Å². The molecule has 0 bridgehead atoms. The second-order valence-electron chi connectivity index (χ2n) is 4.58. The monoisotopic (exact) mass is 349 g/mol. The second-order valence-corrected chi connectivity index (χ2v) is 5.82. The minimum absolute atomic E-state index is 0.472. The zero-order chi connectivity index (χ0) is 14.3. The summed E-state index contributed by atoms with van der Waals surface area (Å²) in [5.41, 5.74) is 9.72. The van der Waals surface area contributed by atoms with Gasteiger partial charge in [0.2, 0.25) is 0 Å². The first kappa shape index (κ1) is 13.6. The van der Waals surface area contributed by atoms with Crippen LogP contribution in [0.5, 0.6) is 0 Å². The van der Waals surface area contributed by atoms with E-state index in [1.807, 2.05) is 48.0 Å². The maximum Gasteiger partial charge on any atom is 0.142 e. The number of aryl methyl sites for hydroxylation is 1. The number of fused-ring (bicyclic) bond motifs is 1. The maximum atomic E-state index is 6.38. The number of hydrogen-bond donors (Lipinski definition) is 1. The SMILES string of the molecule is Cn1c(-c2cccc(Br)c2Cl)nc2c(CN)cccc21. The molecule has 1 heterocycles. The van der Waals surface area contributed by atoms with E-state index < -0.39 is 0 Å². The van der Waals surface area contributed by atoms with Gasteiger partial charge in [0, 0.05) is 23.6 Å². The van der Waals surface area contributed by atoms with E-state index in [1.165, 1.54) is 0 Å². The molecule has 0 aliphatic carbocycles. The molecule has 0 saturated carbocycles. The van der Waals surface area contributed by atoms with Crippen LogP contribution in [0, 0.1) is 0 Å². The first-order valence-corrected chi connectivity index (χ1v) is 7.39. The van der Waals surface area contributed by atoms with Gasteiger partial charge in [-0.2, -0.15) is 0 Å². The van der Waals surface area contributed by atoms with Crippen LogP contribution in [-0.2, 0) is 13.6 Å². The van der Waals surface area contributed by atoms with Crippen molar-refractivity contribution in [3.8, 4) is 11.4 Å². The van der Waals surface area contributed by atoms with Crippen LogP contribution in [0.25, 0.3) is 22.4 Å². The van der Waals surface area contributed by atoms with Crippen molar-refractivity contribution in [2.75, 3.05) is 0 Å². The van der Waals surface area contributed by atoms with E-state index in [9.17, 15) is 0 Å². The third-order valence-electron chi connectivity index (χ3n) is 3.41. The van der Waals surface area contributed by atoms with Crippen molar-refractivity contribution in [2.24, 2.45) is 12.8 Å². The molecule has 5 heteroatoms. The number of aromatic nitrogens is 2. The predicted molar refractivity (Wildman–Crippen MR) is 86.8 cm³/mol. The lowest BCUT2D eigenvalue weighted by Crippen LogP contribution is -1.97. The van der Waals surface area contributed by atoms with Crippen molar-refractivity contribution >= 4 is 38.6 Å². The Morgan fingerprint density at radius 1 is 1.25 bits per heavy atom. The Hall–Kier alpha value is -1.36. The summed E-state index contributed by atoms with van der Waals surface area (Å²) >= 11 is 9.83. The van der Waals surface area contributed by atoms with E-state index in [4.69, 9.17) is 22.3 Å². The molecule has 0 saturated heterocycles. The molecule has 0 fully saturated rings. The van der Waals surface area contributed by atoms with E-state index in [1.54, 1.807) is 0 Å². The standard InChI is InChI=1S/C15H13BrClN3/c1-20-12-7-2-4-9(8-18)14(12)19-15(20)10-5-3-6-11(16)13(10)17/h2-7H,8,18H2,1H3. The number of imidazole rings is 1. The molecule has 0 atom stereocenters. The molecule has 0 aliphatic rings. The van der Waals surface area contributed by atoms with Gasteiger partial charge in [-0.25, -0.2) is 4.98 Å². The van der Waals surface area contributed by atoms with Crippen molar-refractivity contribution in [3.05, 3.63) is 51.5 Å². The highest BCUT2D eigenvalue weighted by molar-refractivity contribution is 9.10. The van der Waals surface area contributed by atoms with E-state index >= 15 is 0 Å². The molecule has 3 nitrogen and oxygen atoms in total. The fourth-order valence-corrected chi connectivity index (χ4v) is 2.93. The van der Waals surface area contributed by atoms with Crippen molar-refractivity contribution in [1.29, 1.82) is 0 Å². The molecular formula is C15H13BrClN3. The van der Waals surface area contributed by atoms with Crippen LogP contribution in [0.4, 0.5) is 0 Å². The fourth-order valence-electron chi connectivity index (χ4n) is 2.35. The highest BCUT2D eigenvalue weighted by atomic mass is 79.9. The molecule has 102 valence electrons. The Bertz CT molecular complexity index is 795. The Morgan fingerprint density at radius 3 is 2.75 bits per heavy atom. The Morgan fingerprint density at radius 2 is 2.00 bits per heavy atom. The molecule has 0 amide bonds. The van der Waals surface area contributed by atoms with Gasteiger partial charge in [-0.1, -0.05) is 29.8 Å². The summed E-state index contributed by atoms with van der Waals surface area (Å²) in [6, 6.07) is 11.9. The zero-order valence-corrected chi connectivity index (χ0v) is 13.2. The molecule has 20 heavy (non-hydrogen) atoms. The lowest BCUT2D eigenvalue weighted by molar-refractivity contribution is 0.959. The van der Waals surface area contributed by atoms with E-state index in [-0.39, 0.29) is 0 Å². The normalized spacial score (nSPS) is 11.2. The summed E-state index contributed by atoms with van der Waals surface area (Å²) in [6.45, 7) is 0.472. The topological polar surface area (TPSA) is 43.8 Å². The second kappa shape index (κ2) is 5.20. The number of benzene rings is 2. The Kier molecular flexibility index (Phi) is 3.54. The number of nitrogens with two attached hydrogens (primary N) is 1. The van der Waals surface area contributed by atoms with Gasteiger partial charge in [0.05, 0.1) is 16.1 Å². The summed E-state index contributed by atoms with van der Waals surface area (Å²) in [5, 5.41) is 0.667. The lowest BCUT2D eigenvalue weighted by atomic mass is 10.2. The largest absolute Gasteiger partial charge is 0.327 e. The van der Waals surface area contributed by atoms with Crippen molar-refractivity contribution in [2.45, 2.75) is 6.54 Å². The molecule has 2 aromatic carbocycles. The van der Waals surface area contributed by atoms with Gasteiger partial charge >= 0.3 is 0 Å². The highest BCUT2D eigenvalue weighted by Gasteiger charge is 2.15. The average Bonchev–Trinajstić information content (AvgIpc) is 2.79. The number of hydrogen-bond acceptors (Lipinski definition) is 2. The average molecular weight is 351 g/mol. The van der Waals surface area contributed by atoms with Crippen molar-refractivity contribution in [3.63, 3.8) is 0 Å². The Labute approximate surface area is 130 Å². The van der Waals surface area contributed by atoms with Gasteiger partial charge in [-0.05, 0) is 39.7 Å². The predicted octanol–water partition coefficient (Wildman–Crippen LogP) is 4.11. The van der Waals surface area contributed by atoms with Crippen LogP contribution in [0.3, 0.4) is 0 Å². The third kappa shape index (κ3) is 2.04. The molecule has 0 unspecified atom stereocenters. The smallest absolute Gasteiger partial charge is 0.142 e. The molecule has 0 aliphatic heterocycles. The van der Waals surface area contributed by atoms with Gasteiger partial charge in [-0.3, -0.25) is 0 Å². The summed E-state index contributed by atoms with van der Waals surface area (Å²) in [4.78, 5) is 4.73. The molecule has 1 aromatic heterocycles. The number of rotatable bonds is 2. The first-order chi connectivity index (χ1) is 9.63. The first-order valence-electron chi connectivity index (χ1n) is 6.22. The van der Waals surface area contributed by atoms with Crippen LogP contribution in [-0.4, -0.2) is 9.55 Å². The van der Waals surface area contributed by atoms with E-state index in [0.29, 0.717) is 11.6 Å². The summed E-state index contributed by atoms with van der Waals surface area (Å²) in [7, 11) is 1.99. The van der Waals surface area contributed by atoms with Gasteiger partial charge in [0.15, 0.2) is 0 Å². The quantitative estimate of drug-likeness (QED) is 0.755. The van der Waals surface area contributed by atoms with Crippen LogP contribution in [0.1, 0.15) is 5.56 Å². The Balaban J connectivity index is 2.32. The van der Waals surface area contributed by atoms with Gasteiger partial charge < -0.3 is 10.3 Å². The van der Waals surface area contributed by atoms with Crippen LogP contribution >= 0.6 is 27.5 Å². The molecule has 2 N–H and O–H groups in total. The zero-order valence-electron chi connectivity index (χ0n) is 10.9. The highest BCUT2D eigenvalue weighted by Crippen LogP contribution is 2.34. The summed E-state index contributed by atoms with van der Waals surface area (Å²) in [5.74, 6) is 0.840. The maximum absolute atomic E-state index is 6.38. The van der Waals surface area contributed by atoms with Gasteiger partial charge in [0.1, 0.15) is 5.82 Å². The molecule has 0 radical (unpaired) electrons. The molecule has 3 rings (SSSR count). The number of nitrogens with zero attached hydrogens (tertiary/aromatic N) is 2. The summed E-state index contributed by atoms with van der Waals surface area (Å²) < 4.78 is 2.91. The molecule has 0 spiro atoms. The van der Waals surface area contributed by atoms with Crippen LogP contribution in [0.15, 0.2) is 40.9 Å². The van der Waals surface area contributed by atoms with Crippen LogP contribution < -0.4 is 5.73 Å². The van der Waals surface area contributed by atoms with Gasteiger partial charge in [0.25, 0.3) is 0 Å². The van der Waals surface area contributed by atoms with E-state index in [0.717, 1.165) is 32.5 Å². The van der Waals surface area contributed by atoms with Gasteiger partial charge in [-0.15, -0.1) is 0 Å².